The number of nitrogens with one attached hydrogen (secondary N) is 1. The van der Waals surface area contributed by atoms with Gasteiger partial charge in [0.1, 0.15) is 11.6 Å². The van der Waals surface area contributed by atoms with Crippen molar-refractivity contribution in [3.63, 3.8) is 0 Å². The van der Waals surface area contributed by atoms with Crippen molar-refractivity contribution in [1.82, 2.24) is 29.7 Å². The largest absolute Gasteiger partial charge is 0.494 e. The molecule has 0 bridgehead atoms. The van der Waals surface area contributed by atoms with Crippen LogP contribution >= 0.6 is 23.4 Å². The zero-order chi connectivity index (χ0) is 23.5. The van der Waals surface area contributed by atoms with Crippen molar-refractivity contribution in [3.05, 3.63) is 88.2 Å². The molecule has 0 aliphatic carbocycles. The lowest BCUT2D eigenvalue weighted by atomic mass is 10.2. The highest BCUT2D eigenvalue weighted by Crippen LogP contribution is 2.30. The minimum Gasteiger partial charge on any atom is -0.494 e. The number of benzene rings is 2. The van der Waals surface area contributed by atoms with Gasteiger partial charge in [-0.1, -0.05) is 23.4 Å². The lowest BCUT2D eigenvalue weighted by molar-refractivity contribution is 0.340. The van der Waals surface area contributed by atoms with Crippen molar-refractivity contribution in [2.75, 3.05) is 6.61 Å². The lowest BCUT2D eigenvalue weighted by Crippen LogP contribution is -2.11. The number of pyridine rings is 1. The fraction of sp³-hybridized carbons (Fsp3) is 0.125. The van der Waals surface area contributed by atoms with Crippen molar-refractivity contribution in [2.24, 2.45) is 0 Å². The second kappa shape index (κ2) is 9.66. The number of H-pyrrole nitrogens is 1. The fourth-order valence-corrected chi connectivity index (χ4v) is 4.49. The first-order valence-corrected chi connectivity index (χ1v) is 11.9. The molecule has 2 aromatic carbocycles. The molecule has 0 amide bonds. The SMILES string of the molecule is CCOc1ccc(-n2c(SCc3nc4cc(Cl)ccc4c(=O)[nH]3)nnc2-c2ccncc2)cc1. The van der Waals surface area contributed by atoms with Crippen molar-refractivity contribution < 1.29 is 4.74 Å². The van der Waals surface area contributed by atoms with Crippen molar-refractivity contribution in [1.29, 1.82) is 0 Å². The number of thioether (sulfide) groups is 1. The maximum absolute atomic E-state index is 12.5. The summed E-state index contributed by atoms with van der Waals surface area (Å²) in [6.45, 7) is 2.54. The number of halogens is 1. The van der Waals surface area contributed by atoms with Gasteiger partial charge >= 0.3 is 0 Å². The summed E-state index contributed by atoms with van der Waals surface area (Å²) >= 11 is 7.51. The first kappa shape index (κ1) is 22.1. The number of hydrogen-bond donors (Lipinski definition) is 1. The van der Waals surface area contributed by atoms with Gasteiger partial charge in [-0.3, -0.25) is 14.3 Å². The van der Waals surface area contributed by atoms with Crippen LogP contribution in [0.1, 0.15) is 12.7 Å². The Labute approximate surface area is 204 Å². The molecule has 0 atom stereocenters. The van der Waals surface area contributed by atoms with Gasteiger partial charge in [0.25, 0.3) is 5.56 Å². The maximum atomic E-state index is 12.5. The molecule has 5 rings (SSSR count). The Morgan fingerprint density at radius 2 is 1.85 bits per heavy atom. The molecule has 8 nitrogen and oxygen atoms in total. The number of fused-ring (bicyclic) bond motifs is 1. The summed E-state index contributed by atoms with van der Waals surface area (Å²) < 4.78 is 7.54. The average molecular weight is 491 g/mol. The highest BCUT2D eigenvalue weighted by Gasteiger charge is 2.17. The molecule has 3 aromatic heterocycles. The minimum atomic E-state index is -0.206. The van der Waals surface area contributed by atoms with Crippen LogP contribution in [-0.4, -0.2) is 36.3 Å². The van der Waals surface area contributed by atoms with E-state index in [4.69, 9.17) is 16.3 Å². The van der Waals surface area contributed by atoms with Crippen molar-refractivity contribution in [3.8, 4) is 22.8 Å². The monoisotopic (exact) mass is 490 g/mol. The Bertz CT molecular complexity index is 1500. The zero-order valence-corrected chi connectivity index (χ0v) is 19.7. The molecule has 5 aromatic rings. The number of rotatable bonds is 7. The molecule has 0 radical (unpaired) electrons. The first-order chi connectivity index (χ1) is 16.6. The quantitative estimate of drug-likeness (QED) is 0.323. The summed E-state index contributed by atoms with van der Waals surface area (Å²) in [5.41, 5.74) is 2.12. The van der Waals surface area contributed by atoms with Crippen LogP contribution in [0.25, 0.3) is 28.0 Å². The summed E-state index contributed by atoms with van der Waals surface area (Å²) in [5.74, 6) is 2.39. The van der Waals surface area contributed by atoms with Gasteiger partial charge in [0.15, 0.2) is 11.0 Å². The van der Waals surface area contributed by atoms with E-state index in [1.54, 1.807) is 30.6 Å². The highest BCUT2D eigenvalue weighted by atomic mass is 35.5. The lowest BCUT2D eigenvalue weighted by Gasteiger charge is -2.11. The predicted molar refractivity (Wildman–Crippen MR) is 133 cm³/mol. The van der Waals surface area contributed by atoms with Crippen LogP contribution in [0, 0.1) is 0 Å². The van der Waals surface area contributed by atoms with E-state index in [1.165, 1.54) is 11.8 Å². The molecule has 0 aliphatic rings. The summed E-state index contributed by atoms with van der Waals surface area (Å²) in [5, 5.41) is 10.5. The van der Waals surface area contributed by atoms with Crippen LogP contribution in [0.4, 0.5) is 0 Å². The molecule has 0 saturated carbocycles. The molecule has 10 heteroatoms. The van der Waals surface area contributed by atoms with Crippen molar-refractivity contribution >= 4 is 34.3 Å². The van der Waals surface area contributed by atoms with Gasteiger partial charge in [-0.25, -0.2) is 4.98 Å². The van der Waals surface area contributed by atoms with Crippen LogP contribution in [-0.2, 0) is 5.75 Å². The Morgan fingerprint density at radius 3 is 2.62 bits per heavy atom. The van der Waals surface area contributed by atoms with Crippen LogP contribution in [0.2, 0.25) is 5.02 Å². The van der Waals surface area contributed by atoms with Gasteiger partial charge in [0.2, 0.25) is 0 Å². The predicted octanol–water partition coefficient (Wildman–Crippen LogP) is 4.91. The molecule has 0 aliphatic heterocycles. The fourth-order valence-electron chi connectivity index (χ4n) is 3.50. The van der Waals surface area contributed by atoms with Gasteiger partial charge < -0.3 is 9.72 Å². The Balaban J connectivity index is 1.51. The number of aromatic amines is 1. The van der Waals surface area contributed by atoms with Crippen molar-refractivity contribution in [2.45, 2.75) is 17.8 Å². The van der Waals surface area contributed by atoms with Crippen LogP contribution in [0.5, 0.6) is 5.75 Å². The van der Waals surface area contributed by atoms with E-state index in [2.05, 4.69) is 25.1 Å². The van der Waals surface area contributed by atoms with Crippen LogP contribution in [0.15, 0.2) is 76.9 Å². The molecule has 1 N–H and O–H groups in total. The molecule has 170 valence electrons. The third-order valence-corrected chi connectivity index (χ3v) is 6.21. The summed E-state index contributed by atoms with van der Waals surface area (Å²) in [6, 6.07) is 16.5. The summed E-state index contributed by atoms with van der Waals surface area (Å²) in [4.78, 5) is 24.0. The van der Waals surface area contributed by atoms with E-state index < -0.39 is 0 Å². The van der Waals surface area contributed by atoms with E-state index in [1.807, 2.05) is 47.9 Å². The third-order valence-electron chi connectivity index (χ3n) is 5.03. The van der Waals surface area contributed by atoms with Gasteiger partial charge in [0, 0.05) is 28.7 Å². The summed E-state index contributed by atoms with van der Waals surface area (Å²) in [6.07, 6.45) is 3.43. The number of aromatic nitrogens is 6. The van der Waals surface area contributed by atoms with Gasteiger partial charge in [-0.2, -0.15) is 0 Å². The van der Waals surface area contributed by atoms with Gasteiger partial charge in [-0.05, 0) is 61.5 Å². The second-order valence-electron chi connectivity index (χ2n) is 7.27. The topological polar surface area (TPSA) is 98.6 Å². The average Bonchev–Trinajstić information content (AvgIpc) is 3.28. The molecule has 3 heterocycles. The second-order valence-corrected chi connectivity index (χ2v) is 8.65. The van der Waals surface area contributed by atoms with Gasteiger partial charge in [0.05, 0.1) is 23.3 Å². The minimum absolute atomic E-state index is 0.206. The van der Waals surface area contributed by atoms with E-state index in [9.17, 15) is 4.79 Å². The zero-order valence-electron chi connectivity index (χ0n) is 18.1. The van der Waals surface area contributed by atoms with Gasteiger partial charge in [-0.15, -0.1) is 10.2 Å². The van der Waals surface area contributed by atoms with Crippen LogP contribution in [0.3, 0.4) is 0 Å². The molecule has 0 spiro atoms. The molecule has 0 unspecified atom stereocenters. The molecular formula is C24H19ClN6O2S. The van der Waals surface area contributed by atoms with Crippen LogP contribution < -0.4 is 10.3 Å². The Kier molecular flexibility index (Phi) is 6.29. The highest BCUT2D eigenvalue weighted by molar-refractivity contribution is 7.98. The Hall–Kier alpha value is -3.69. The smallest absolute Gasteiger partial charge is 0.258 e. The summed E-state index contributed by atoms with van der Waals surface area (Å²) in [7, 11) is 0. The number of nitrogens with zero attached hydrogens (tertiary/aromatic N) is 5. The van der Waals surface area contributed by atoms with E-state index in [0.29, 0.717) is 45.1 Å². The normalized spacial score (nSPS) is 11.1. The molecule has 34 heavy (non-hydrogen) atoms. The molecular weight excluding hydrogens is 472 g/mol. The number of hydrogen-bond acceptors (Lipinski definition) is 7. The molecule has 0 fully saturated rings. The van der Waals surface area contributed by atoms with E-state index >= 15 is 0 Å². The Morgan fingerprint density at radius 1 is 1.06 bits per heavy atom. The third kappa shape index (κ3) is 4.52. The maximum Gasteiger partial charge on any atom is 0.258 e. The van der Waals surface area contributed by atoms with E-state index in [0.717, 1.165) is 17.0 Å². The number of ether oxygens (including phenoxy) is 1. The standard InChI is InChI=1S/C24H19ClN6O2S/c1-2-33-18-6-4-17(5-7-18)31-22(15-9-11-26-12-10-15)29-30-24(31)34-14-21-27-20-13-16(25)3-8-19(20)23(32)28-21/h3-13H,2,14H2,1H3,(H,27,28,32). The van der Waals surface area contributed by atoms with E-state index in [-0.39, 0.29) is 5.56 Å². The molecule has 0 saturated heterocycles. The first-order valence-electron chi connectivity index (χ1n) is 10.5.